The largest absolute Gasteiger partial charge is 0.508 e. The second kappa shape index (κ2) is 8.53. The van der Waals surface area contributed by atoms with Crippen LogP contribution in [0.15, 0.2) is 59.2 Å². The summed E-state index contributed by atoms with van der Waals surface area (Å²) in [4.78, 5) is 12.0. The van der Waals surface area contributed by atoms with Gasteiger partial charge in [0.05, 0.1) is 0 Å². The third-order valence-corrected chi connectivity index (χ3v) is 4.09. The van der Waals surface area contributed by atoms with Crippen molar-refractivity contribution in [2.45, 2.75) is 52.6 Å². The molecule has 0 saturated heterocycles. The van der Waals surface area contributed by atoms with E-state index in [-0.39, 0.29) is 11.7 Å². The molecule has 3 nitrogen and oxygen atoms in total. The lowest BCUT2D eigenvalue weighted by Crippen LogP contribution is -2.02. The summed E-state index contributed by atoms with van der Waals surface area (Å²) in [5.74, 6) is -0.123. The lowest BCUT2D eigenvalue weighted by atomic mass is 10.0. The summed E-state index contributed by atoms with van der Waals surface area (Å²) in [6.45, 7) is 6.35. The van der Waals surface area contributed by atoms with Crippen LogP contribution in [0.2, 0.25) is 0 Å². The number of phenols is 1. The van der Waals surface area contributed by atoms with Crippen molar-refractivity contribution in [3.05, 3.63) is 64.8 Å². The van der Waals surface area contributed by atoms with Gasteiger partial charge in [0, 0.05) is 11.1 Å². The van der Waals surface area contributed by atoms with Crippen LogP contribution < -0.4 is 0 Å². The van der Waals surface area contributed by atoms with Gasteiger partial charge in [-0.2, -0.15) is 0 Å². The fraction of sp³-hybridized carbons (Fsp3) is 0.381. The number of benzene rings is 1. The molecule has 1 aliphatic heterocycles. The number of carbonyl (C=O) groups excluding carboxylic acids is 1. The van der Waals surface area contributed by atoms with E-state index >= 15 is 0 Å². The molecule has 128 valence electrons. The van der Waals surface area contributed by atoms with Gasteiger partial charge in [-0.05, 0) is 58.6 Å². The molecule has 24 heavy (non-hydrogen) atoms. The molecule has 0 radical (unpaired) electrons. The van der Waals surface area contributed by atoms with Crippen LogP contribution in [-0.4, -0.2) is 11.1 Å². The number of ether oxygens (including phenoxy) is 1. The lowest BCUT2D eigenvalue weighted by molar-refractivity contribution is -0.140. The topological polar surface area (TPSA) is 46.5 Å². The Kier molecular flexibility index (Phi) is 6.42. The molecule has 2 rings (SSSR count). The first kappa shape index (κ1) is 18.1. The third-order valence-electron chi connectivity index (χ3n) is 4.09. The minimum atomic E-state index is -0.476. The maximum Gasteiger partial charge on any atom is 0.334 e. The smallest absolute Gasteiger partial charge is 0.334 e. The van der Waals surface area contributed by atoms with Crippen LogP contribution in [0.25, 0.3) is 0 Å². The van der Waals surface area contributed by atoms with Crippen LogP contribution in [-0.2, 0) is 9.53 Å². The van der Waals surface area contributed by atoms with Crippen LogP contribution in [0.4, 0.5) is 0 Å². The minimum Gasteiger partial charge on any atom is -0.508 e. The summed E-state index contributed by atoms with van der Waals surface area (Å²) in [5, 5.41) is 9.88. The highest BCUT2D eigenvalue weighted by molar-refractivity contribution is 5.91. The summed E-state index contributed by atoms with van der Waals surface area (Å²) in [6, 6.07) is 6.96. The molecule has 0 amide bonds. The zero-order valence-electron chi connectivity index (χ0n) is 14.7. The molecule has 1 N–H and O–H groups in total. The maximum atomic E-state index is 12.0. The highest BCUT2D eigenvalue weighted by Crippen LogP contribution is 2.34. The Morgan fingerprint density at radius 3 is 2.62 bits per heavy atom. The predicted molar refractivity (Wildman–Crippen MR) is 96.7 cm³/mol. The van der Waals surface area contributed by atoms with Crippen molar-refractivity contribution in [3.8, 4) is 5.75 Å². The lowest BCUT2D eigenvalue weighted by Gasteiger charge is -2.09. The molecule has 0 fully saturated rings. The van der Waals surface area contributed by atoms with Crippen LogP contribution in [0.3, 0.4) is 0 Å². The van der Waals surface area contributed by atoms with Gasteiger partial charge < -0.3 is 9.84 Å². The third kappa shape index (κ3) is 5.12. The number of rotatable bonds is 7. The van der Waals surface area contributed by atoms with E-state index in [1.807, 2.05) is 12.1 Å². The van der Waals surface area contributed by atoms with E-state index in [4.69, 9.17) is 4.74 Å². The number of hydrogen-bond donors (Lipinski definition) is 1. The Balaban J connectivity index is 1.90. The minimum absolute atomic E-state index is 0.155. The number of cyclic esters (lactones) is 1. The van der Waals surface area contributed by atoms with Gasteiger partial charge in [0.2, 0.25) is 0 Å². The van der Waals surface area contributed by atoms with E-state index in [1.165, 1.54) is 11.1 Å². The van der Waals surface area contributed by atoms with Crippen molar-refractivity contribution >= 4 is 5.97 Å². The molecule has 0 spiro atoms. The van der Waals surface area contributed by atoms with Gasteiger partial charge in [-0.15, -0.1) is 0 Å². The summed E-state index contributed by atoms with van der Waals surface area (Å²) >= 11 is 0. The van der Waals surface area contributed by atoms with Crippen LogP contribution in [0.1, 0.15) is 58.1 Å². The van der Waals surface area contributed by atoms with Crippen molar-refractivity contribution in [2.24, 2.45) is 0 Å². The van der Waals surface area contributed by atoms with Gasteiger partial charge in [0.15, 0.2) is 0 Å². The second-order valence-corrected chi connectivity index (χ2v) is 6.49. The van der Waals surface area contributed by atoms with Gasteiger partial charge >= 0.3 is 5.97 Å². The van der Waals surface area contributed by atoms with Crippen molar-refractivity contribution in [2.75, 3.05) is 0 Å². The molecular weight excluding hydrogens is 300 g/mol. The Bertz CT molecular complexity index is 676. The first-order valence-electron chi connectivity index (χ1n) is 8.46. The summed E-state index contributed by atoms with van der Waals surface area (Å²) < 4.78 is 5.37. The number of carbonyl (C=O) groups is 1. The Labute approximate surface area is 144 Å². The number of para-hydroxylation sites is 1. The number of aromatic hydroxyl groups is 1. The number of phenolic OH excluding ortho intramolecular Hbond substituents is 1. The van der Waals surface area contributed by atoms with Crippen LogP contribution in [0, 0.1) is 0 Å². The highest BCUT2D eigenvalue weighted by atomic mass is 16.5. The van der Waals surface area contributed by atoms with E-state index < -0.39 is 6.10 Å². The van der Waals surface area contributed by atoms with Crippen molar-refractivity contribution in [1.82, 2.24) is 0 Å². The first-order chi connectivity index (χ1) is 11.5. The summed E-state index contributed by atoms with van der Waals surface area (Å²) in [5.41, 5.74) is 4.01. The van der Waals surface area contributed by atoms with Gasteiger partial charge in [-0.1, -0.05) is 41.5 Å². The molecule has 0 aliphatic carbocycles. The van der Waals surface area contributed by atoms with Crippen LogP contribution >= 0.6 is 0 Å². The molecule has 0 aromatic heterocycles. The normalized spacial score (nSPS) is 17.5. The van der Waals surface area contributed by atoms with E-state index in [1.54, 1.807) is 18.2 Å². The molecule has 3 heteroatoms. The van der Waals surface area contributed by atoms with Crippen molar-refractivity contribution < 1.29 is 14.6 Å². The number of hydrogen-bond acceptors (Lipinski definition) is 3. The van der Waals surface area contributed by atoms with Gasteiger partial charge in [-0.25, -0.2) is 4.79 Å². The average molecular weight is 326 g/mol. The van der Waals surface area contributed by atoms with E-state index in [0.717, 1.165) is 19.3 Å². The molecular formula is C21H26O3. The molecule has 1 aromatic rings. The summed E-state index contributed by atoms with van der Waals surface area (Å²) in [7, 11) is 0. The fourth-order valence-corrected chi connectivity index (χ4v) is 2.71. The highest BCUT2D eigenvalue weighted by Gasteiger charge is 2.27. The average Bonchev–Trinajstić information content (AvgIpc) is 2.88. The zero-order chi connectivity index (χ0) is 17.5. The monoisotopic (exact) mass is 326 g/mol. The molecule has 1 atom stereocenters. The standard InChI is InChI=1S/C21H26O3/c1-15(2)8-6-9-16(3)10-7-11-17-14-20(24-21(17)23)18-12-4-5-13-19(18)22/h4-5,8,10,12-14,20,22H,6-7,9,11H2,1-3H3/b16-10+/t20-/m1/s1. The molecule has 0 saturated carbocycles. The van der Waals surface area contributed by atoms with Gasteiger partial charge in [0.25, 0.3) is 0 Å². The number of allylic oxidation sites excluding steroid dienone is 4. The molecule has 1 aromatic carbocycles. The molecule has 0 unspecified atom stereocenters. The first-order valence-corrected chi connectivity index (χ1v) is 8.46. The maximum absolute atomic E-state index is 12.0. The number of esters is 1. The van der Waals surface area contributed by atoms with Crippen LogP contribution in [0.5, 0.6) is 5.75 Å². The second-order valence-electron chi connectivity index (χ2n) is 6.49. The fourth-order valence-electron chi connectivity index (χ4n) is 2.71. The SMILES string of the molecule is CC(C)=CCC/C(C)=C/CCC1=C[C@H](c2ccccc2O)OC1=O. The molecule has 1 heterocycles. The zero-order valence-corrected chi connectivity index (χ0v) is 14.7. The van der Waals surface area contributed by atoms with Gasteiger partial charge in [-0.3, -0.25) is 0 Å². The van der Waals surface area contributed by atoms with Crippen molar-refractivity contribution in [1.29, 1.82) is 0 Å². The quantitative estimate of drug-likeness (QED) is 0.540. The van der Waals surface area contributed by atoms with Crippen molar-refractivity contribution in [3.63, 3.8) is 0 Å². The van der Waals surface area contributed by atoms with E-state index in [9.17, 15) is 9.90 Å². The summed E-state index contributed by atoms with van der Waals surface area (Å²) in [6.07, 6.45) is 9.39. The Hall–Kier alpha value is -2.29. The van der Waals surface area contributed by atoms with E-state index in [0.29, 0.717) is 17.6 Å². The Morgan fingerprint density at radius 1 is 1.17 bits per heavy atom. The molecule has 0 bridgehead atoms. The van der Waals surface area contributed by atoms with Gasteiger partial charge in [0.1, 0.15) is 11.9 Å². The predicted octanol–water partition coefficient (Wildman–Crippen LogP) is 5.39. The Morgan fingerprint density at radius 2 is 1.92 bits per heavy atom. The molecule has 1 aliphatic rings. The van der Waals surface area contributed by atoms with E-state index in [2.05, 4.69) is 32.9 Å².